The summed E-state index contributed by atoms with van der Waals surface area (Å²) in [5.74, 6) is 2.08. The molecule has 0 aliphatic heterocycles. The van der Waals surface area contributed by atoms with Gasteiger partial charge < -0.3 is 0 Å². The van der Waals surface area contributed by atoms with E-state index in [-0.39, 0.29) is 0 Å². The Morgan fingerprint density at radius 2 is 2.04 bits per heavy atom. The first kappa shape index (κ1) is 14.2. The lowest BCUT2D eigenvalue weighted by Crippen LogP contribution is -2.28. The van der Waals surface area contributed by atoms with Crippen LogP contribution < -0.4 is 4.52 Å². The number of nitrogens with zero attached hydrogens (tertiary/aromatic N) is 7. The highest BCUT2D eigenvalue weighted by atomic mass is 15.3. The fraction of sp³-hybridized carbons (Fsp3) is 0.200. The molecule has 0 fully saturated rings. The van der Waals surface area contributed by atoms with Crippen molar-refractivity contribution in [2.45, 2.75) is 13.8 Å². The standard InChI is InChI=1S/C15H15N9/c1-9-6-16-10(2)15-19-12(21-24(9)15)4-5-13-20-14(22-23(13)3)11-7-17-18-8-11/h4-8H,1-3H3,(H,17,18,22)/p+1/b5-4+. The molecule has 0 saturated heterocycles. The third-order valence-electron chi connectivity index (χ3n) is 3.73. The molecule has 0 radical (unpaired) electrons. The van der Waals surface area contributed by atoms with E-state index in [0.717, 1.165) is 34.2 Å². The van der Waals surface area contributed by atoms with Crippen LogP contribution in [0.2, 0.25) is 0 Å². The maximum atomic E-state index is 4.56. The molecule has 0 saturated carbocycles. The predicted molar refractivity (Wildman–Crippen MR) is 86.5 cm³/mol. The lowest BCUT2D eigenvalue weighted by Gasteiger charge is -1.90. The predicted octanol–water partition coefficient (Wildman–Crippen LogP) is 0.849. The van der Waals surface area contributed by atoms with E-state index >= 15 is 0 Å². The molecule has 120 valence electrons. The van der Waals surface area contributed by atoms with Crippen molar-refractivity contribution in [3.05, 3.63) is 41.6 Å². The summed E-state index contributed by atoms with van der Waals surface area (Å²) in [7, 11) is 1.85. The van der Waals surface area contributed by atoms with E-state index in [1.165, 1.54) is 0 Å². The molecule has 2 N–H and O–H groups in total. The van der Waals surface area contributed by atoms with Crippen LogP contribution in [-0.2, 0) is 7.05 Å². The molecule has 0 bridgehead atoms. The zero-order chi connectivity index (χ0) is 16.7. The minimum absolute atomic E-state index is 0.626. The lowest BCUT2D eigenvalue weighted by molar-refractivity contribution is -0.585. The Morgan fingerprint density at radius 3 is 2.79 bits per heavy atom. The Bertz CT molecular complexity index is 998. The number of hydrogen-bond acceptors (Lipinski definition) is 5. The van der Waals surface area contributed by atoms with Crippen LogP contribution in [-0.4, -0.2) is 40.0 Å². The van der Waals surface area contributed by atoms with Crippen molar-refractivity contribution in [2.75, 3.05) is 0 Å². The third kappa shape index (κ3) is 2.35. The number of aromatic amines is 2. The molecule has 0 amide bonds. The van der Waals surface area contributed by atoms with Crippen molar-refractivity contribution >= 4 is 17.8 Å². The van der Waals surface area contributed by atoms with Gasteiger partial charge in [-0.2, -0.15) is 15.3 Å². The van der Waals surface area contributed by atoms with Crippen LogP contribution in [0.5, 0.6) is 0 Å². The quantitative estimate of drug-likeness (QED) is 0.544. The normalized spacial score (nSPS) is 11.8. The molecule has 0 aromatic carbocycles. The summed E-state index contributed by atoms with van der Waals surface area (Å²) >= 11 is 0. The zero-order valence-corrected chi connectivity index (χ0v) is 13.5. The molecule has 24 heavy (non-hydrogen) atoms. The number of fused-ring (bicyclic) bond motifs is 1. The Morgan fingerprint density at radius 1 is 1.17 bits per heavy atom. The van der Waals surface area contributed by atoms with Gasteiger partial charge in [-0.3, -0.25) is 5.10 Å². The summed E-state index contributed by atoms with van der Waals surface area (Å²) in [6.45, 7) is 3.91. The first-order valence-corrected chi connectivity index (χ1v) is 7.44. The minimum atomic E-state index is 0.626. The summed E-state index contributed by atoms with van der Waals surface area (Å²) in [6.07, 6.45) is 9.00. The highest BCUT2D eigenvalue weighted by molar-refractivity contribution is 5.65. The van der Waals surface area contributed by atoms with Gasteiger partial charge in [-0.15, -0.1) is 4.52 Å². The van der Waals surface area contributed by atoms with E-state index in [1.54, 1.807) is 17.1 Å². The zero-order valence-electron chi connectivity index (χ0n) is 13.5. The van der Waals surface area contributed by atoms with Gasteiger partial charge in [0.2, 0.25) is 0 Å². The summed E-state index contributed by atoms with van der Waals surface area (Å²) in [6, 6.07) is 0. The van der Waals surface area contributed by atoms with Crippen LogP contribution in [0.15, 0.2) is 18.6 Å². The van der Waals surface area contributed by atoms with Crippen molar-refractivity contribution in [1.29, 1.82) is 0 Å². The molecule has 0 aliphatic carbocycles. The van der Waals surface area contributed by atoms with Crippen LogP contribution in [0, 0.1) is 13.8 Å². The Hall–Kier alpha value is -3.36. The molecular weight excluding hydrogens is 306 g/mol. The van der Waals surface area contributed by atoms with Crippen molar-refractivity contribution in [2.24, 2.45) is 7.05 Å². The Kier molecular flexibility index (Phi) is 3.19. The molecule has 0 aliphatic rings. The maximum absolute atomic E-state index is 4.56. The molecule has 9 heteroatoms. The second-order valence-corrected chi connectivity index (χ2v) is 5.49. The molecule has 9 nitrogen and oxygen atoms in total. The van der Waals surface area contributed by atoms with E-state index in [9.17, 15) is 0 Å². The molecule has 0 atom stereocenters. The molecule has 4 heterocycles. The van der Waals surface area contributed by atoms with Crippen LogP contribution in [0.1, 0.15) is 23.0 Å². The number of H-pyrrole nitrogens is 2. The van der Waals surface area contributed by atoms with Crippen molar-refractivity contribution in [3.63, 3.8) is 0 Å². The van der Waals surface area contributed by atoms with E-state index < -0.39 is 0 Å². The number of rotatable bonds is 3. The molecular formula is C15H16N9+. The highest BCUT2D eigenvalue weighted by Crippen LogP contribution is 2.14. The largest absolute Gasteiger partial charge is 0.370 e. The summed E-state index contributed by atoms with van der Waals surface area (Å²) in [5, 5.41) is 14.3. The number of aromatic nitrogens is 9. The molecule has 4 aromatic heterocycles. The van der Waals surface area contributed by atoms with Gasteiger partial charge in [0, 0.05) is 26.2 Å². The lowest BCUT2D eigenvalue weighted by atomic mass is 10.3. The number of hydrogen-bond donors (Lipinski definition) is 2. The van der Waals surface area contributed by atoms with Gasteiger partial charge in [-0.1, -0.05) is 0 Å². The highest BCUT2D eigenvalue weighted by Gasteiger charge is 2.16. The van der Waals surface area contributed by atoms with Gasteiger partial charge in [0.1, 0.15) is 11.4 Å². The second-order valence-electron chi connectivity index (χ2n) is 5.49. The van der Waals surface area contributed by atoms with Crippen LogP contribution in [0.25, 0.3) is 29.2 Å². The third-order valence-corrected chi connectivity index (χ3v) is 3.73. The van der Waals surface area contributed by atoms with Gasteiger partial charge in [0.15, 0.2) is 11.6 Å². The monoisotopic (exact) mass is 322 g/mol. The second kappa shape index (κ2) is 5.37. The molecule has 4 rings (SSSR count). The number of aryl methyl sites for hydroxylation is 3. The average molecular weight is 322 g/mol. The Labute approximate surface area is 137 Å². The van der Waals surface area contributed by atoms with Gasteiger partial charge >= 0.3 is 5.65 Å². The Balaban J connectivity index is 1.68. The number of nitrogens with one attached hydrogen (secondary N) is 2. The molecule has 4 aromatic rings. The molecule has 0 unspecified atom stereocenters. The van der Waals surface area contributed by atoms with E-state index in [4.69, 9.17) is 0 Å². The fourth-order valence-electron chi connectivity index (χ4n) is 2.43. The maximum Gasteiger partial charge on any atom is 0.370 e. The van der Waals surface area contributed by atoms with Crippen LogP contribution in [0.3, 0.4) is 0 Å². The summed E-state index contributed by atoms with van der Waals surface area (Å²) in [5.41, 5.74) is 3.52. The van der Waals surface area contributed by atoms with Crippen LogP contribution >= 0.6 is 0 Å². The van der Waals surface area contributed by atoms with Gasteiger partial charge in [-0.05, 0) is 18.0 Å². The van der Waals surface area contributed by atoms with E-state index in [0.29, 0.717) is 5.82 Å². The van der Waals surface area contributed by atoms with Gasteiger partial charge in [0.05, 0.1) is 18.0 Å². The van der Waals surface area contributed by atoms with Crippen molar-refractivity contribution in [3.8, 4) is 11.4 Å². The first-order valence-electron chi connectivity index (χ1n) is 7.44. The minimum Gasteiger partial charge on any atom is -0.285 e. The topological polar surface area (TPSA) is 105 Å². The average Bonchev–Trinajstić information content (AvgIpc) is 3.28. The van der Waals surface area contributed by atoms with Crippen LogP contribution in [0.4, 0.5) is 0 Å². The van der Waals surface area contributed by atoms with E-state index in [2.05, 4.69) is 35.3 Å². The van der Waals surface area contributed by atoms with E-state index in [1.807, 2.05) is 43.8 Å². The molecule has 0 spiro atoms. The first-order chi connectivity index (χ1) is 11.6. The SMILES string of the molecule is Cc1ncc(C)[n+]2[nH]c(/C=C/c3nc(-c4cn[nH]c4)nn3C)nc12. The van der Waals surface area contributed by atoms with Crippen molar-refractivity contribution < 1.29 is 4.52 Å². The van der Waals surface area contributed by atoms with Gasteiger partial charge in [-0.25, -0.2) is 14.6 Å². The van der Waals surface area contributed by atoms with Gasteiger partial charge in [0.25, 0.3) is 5.82 Å². The summed E-state index contributed by atoms with van der Waals surface area (Å²) in [4.78, 5) is 13.4. The smallest absolute Gasteiger partial charge is 0.285 e. The van der Waals surface area contributed by atoms with Crippen molar-refractivity contribution in [1.82, 2.24) is 40.0 Å². The summed E-state index contributed by atoms with van der Waals surface area (Å²) < 4.78 is 3.63. The fourth-order valence-corrected chi connectivity index (χ4v) is 2.43.